The summed E-state index contributed by atoms with van der Waals surface area (Å²) in [5, 5.41) is 8.89. The normalized spacial score (nSPS) is 11.5. The minimum atomic E-state index is -3.88. The summed E-state index contributed by atoms with van der Waals surface area (Å²) in [5.41, 5.74) is 0.779. The molecule has 0 radical (unpaired) electrons. The molecule has 0 unspecified atom stereocenters. The topological polar surface area (TPSA) is 82.2 Å². The second-order valence-electron chi connectivity index (χ2n) is 4.06. The molecule has 0 spiro atoms. The molecule has 0 aliphatic rings. The summed E-state index contributed by atoms with van der Waals surface area (Å²) in [7, 11) is -3.88. The summed E-state index contributed by atoms with van der Waals surface area (Å²) < 4.78 is 39.9. The first-order valence-corrected chi connectivity index (χ1v) is 6.98. The Morgan fingerprint density at radius 1 is 1.42 bits per heavy atom. The van der Waals surface area contributed by atoms with Gasteiger partial charge in [0, 0.05) is 11.9 Å². The Balaban J connectivity index is 2.36. The van der Waals surface area contributed by atoms with E-state index in [1.165, 1.54) is 24.4 Å². The zero-order chi connectivity index (χ0) is 14.0. The molecule has 3 N–H and O–H groups in total. The molecular formula is C12H13FN2O3S. The molecule has 0 fully saturated rings. The Labute approximate surface area is 110 Å². The number of anilines is 1. The third-order valence-corrected chi connectivity index (χ3v) is 3.98. The van der Waals surface area contributed by atoms with Crippen molar-refractivity contribution >= 4 is 15.7 Å². The van der Waals surface area contributed by atoms with E-state index in [0.717, 1.165) is 0 Å². The Hall–Kier alpha value is -1.86. The highest BCUT2D eigenvalue weighted by molar-refractivity contribution is 7.92. The number of aromatic amines is 1. The van der Waals surface area contributed by atoms with Crippen LogP contribution in [0.25, 0.3) is 0 Å². The van der Waals surface area contributed by atoms with Gasteiger partial charge >= 0.3 is 0 Å². The van der Waals surface area contributed by atoms with E-state index in [-0.39, 0.29) is 17.2 Å². The van der Waals surface area contributed by atoms with Crippen molar-refractivity contribution in [1.29, 1.82) is 0 Å². The van der Waals surface area contributed by atoms with Crippen LogP contribution in [0.1, 0.15) is 11.3 Å². The lowest BCUT2D eigenvalue weighted by molar-refractivity contribution is 0.277. The van der Waals surface area contributed by atoms with Gasteiger partial charge in [0.25, 0.3) is 10.0 Å². The van der Waals surface area contributed by atoms with Gasteiger partial charge in [-0.2, -0.15) is 0 Å². The number of para-hydroxylation sites is 1. The first-order valence-electron chi connectivity index (χ1n) is 5.50. The minimum Gasteiger partial charge on any atom is -0.390 e. The van der Waals surface area contributed by atoms with Crippen LogP contribution in [0.2, 0.25) is 0 Å². The highest BCUT2D eigenvalue weighted by Gasteiger charge is 2.18. The average Bonchev–Trinajstić information content (AvgIpc) is 2.83. The Morgan fingerprint density at radius 3 is 2.74 bits per heavy atom. The van der Waals surface area contributed by atoms with Crippen LogP contribution in [0.4, 0.5) is 10.1 Å². The average molecular weight is 284 g/mol. The first kappa shape index (κ1) is 13.6. The zero-order valence-corrected chi connectivity index (χ0v) is 11.0. The maximum atomic E-state index is 13.6. The van der Waals surface area contributed by atoms with E-state index in [1.54, 1.807) is 13.0 Å². The highest BCUT2D eigenvalue weighted by atomic mass is 32.2. The van der Waals surface area contributed by atoms with Crippen LogP contribution >= 0.6 is 0 Å². The molecule has 0 bridgehead atoms. The van der Waals surface area contributed by atoms with Crippen molar-refractivity contribution in [2.45, 2.75) is 18.4 Å². The van der Waals surface area contributed by atoms with E-state index >= 15 is 0 Å². The van der Waals surface area contributed by atoms with Gasteiger partial charge in [0.1, 0.15) is 10.7 Å². The number of hydrogen-bond donors (Lipinski definition) is 3. The number of hydrogen-bond acceptors (Lipinski definition) is 3. The molecule has 2 rings (SSSR count). The van der Waals surface area contributed by atoms with Crippen LogP contribution in [0, 0.1) is 12.7 Å². The smallest absolute Gasteiger partial charge is 0.263 e. The lowest BCUT2D eigenvalue weighted by atomic mass is 10.2. The first-order chi connectivity index (χ1) is 8.94. The van der Waals surface area contributed by atoms with Gasteiger partial charge in [0.05, 0.1) is 12.3 Å². The fourth-order valence-electron chi connectivity index (χ4n) is 1.62. The number of sulfonamides is 1. The van der Waals surface area contributed by atoms with Crippen LogP contribution in [-0.4, -0.2) is 18.5 Å². The Morgan fingerprint density at radius 2 is 2.16 bits per heavy atom. The second kappa shape index (κ2) is 5.02. The Kier molecular flexibility index (Phi) is 3.59. The lowest BCUT2D eigenvalue weighted by Crippen LogP contribution is -2.14. The van der Waals surface area contributed by atoms with Gasteiger partial charge in [-0.05, 0) is 24.6 Å². The molecule has 2 aromatic rings. The molecule has 0 aliphatic heterocycles. The number of aromatic nitrogens is 1. The van der Waals surface area contributed by atoms with Crippen LogP contribution < -0.4 is 4.72 Å². The highest BCUT2D eigenvalue weighted by Crippen LogP contribution is 2.23. The van der Waals surface area contributed by atoms with E-state index in [9.17, 15) is 12.8 Å². The van der Waals surface area contributed by atoms with Crippen molar-refractivity contribution in [3.05, 3.63) is 47.5 Å². The van der Waals surface area contributed by atoms with Crippen molar-refractivity contribution in [3.8, 4) is 0 Å². The van der Waals surface area contributed by atoms with E-state index < -0.39 is 15.8 Å². The van der Waals surface area contributed by atoms with Gasteiger partial charge in [0.15, 0.2) is 0 Å². The van der Waals surface area contributed by atoms with Gasteiger partial charge < -0.3 is 10.1 Å². The molecule has 0 atom stereocenters. The van der Waals surface area contributed by atoms with Crippen LogP contribution in [0.15, 0.2) is 35.4 Å². The van der Waals surface area contributed by atoms with Gasteiger partial charge in [-0.25, -0.2) is 12.8 Å². The maximum absolute atomic E-state index is 13.6. The number of aliphatic hydroxyl groups excluding tert-OH is 1. The van der Waals surface area contributed by atoms with E-state index in [1.807, 2.05) is 0 Å². The van der Waals surface area contributed by atoms with Gasteiger partial charge in [-0.15, -0.1) is 0 Å². The summed E-state index contributed by atoms with van der Waals surface area (Å²) in [6.45, 7) is 1.31. The van der Waals surface area contributed by atoms with Gasteiger partial charge in [-0.1, -0.05) is 12.1 Å². The fourth-order valence-corrected chi connectivity index (χ4v) is 2.78. The molecule has 19 heavy (non-hydrogen) atoms. The summed E-state index contributed by atoms with van der Waals surface area (Å²) in [6, 6.07) is 5.58. The molecule has 0 amide bonds. The number of benzene rings is 1. The summed E-state index contributed by atoms with van der Waals surface area (Å²) in [5.74, 6) is -0.638. The zero-order valence-electron chi connectivity index (χ0n) is 10.1. The van der Waals surface area contributed by atoms with E-state index in [2.05, 4.69) is 9.71 Å². The van der Waals surface area contributed by atoms with E-state index in [0.29, 0.717) is 11.3 Å². The van der Waals surface area contributed by atoms with Crippen molar-refractivity contribution in [2.75, 3.05) is 4.72 Å². The van der Waals surface area contributed by atoms with Crippen LogP contribution in [0.3, 0.4) is 0 Å². The molecule has 1 heterocycles. The SMILES string of the molecule is Cc1cccc(F)c1NS(=O)(=O)c1c[nH]c(CO)c1. The molecule has 0 aliphatic carbocycles. The molecule has 0 saturated heterocycles. The van der Waals surface area contributed by atoms with Gasteiger partial charge in [-0.3, -0.25) is 4.72 Å². The number of nitrogens with one attached hydrogen (secondary N) is 2. The predicted molar refractivity (Wildman–Crippen MR) is 68.7 cm³/mol. The number of halogens is 1. The van der Waals surface area contributed by atoms with Crippen molar-refractivity contribution in [2.24, 2.45) is 0 Å². The standard InChI is InChI=1S/C12H13FN2O3S/c1-8-3-2-4-11(13)12(8)15-19(17,18)10-5-9(7-16)14-6-10/h2-6,14-16H,7H2,1H3. The number of aliphatic hydroxyl groups is 1. The fraction of sp³-hybridized carbons (Fsp3) is 0.167. The monoisotopic (exact) mass is 284 g/mol. The van der Waals surface area contributed by atoms with Crippen LogP contribution in [-0.2, 0) is 16.6 Å². The lowest BCUT2D eigenvalue weighted by Gasteiger charge is -2.10. The van der Waals surface area contributed by atoms with Crippen LogP contribution in [0.5, 0.6) is 0 Å². The number of rotatable bonds is 4. The maximum Gasteiger partial charge on any atom is 0.263 e. The van der Waals surface area contributed by atoms with Gasteiger partial charge in [0.2, 0.25) is 0 Å². The second-order valence-corrected chi connectivity index (χ2v) is 5.74. The summed E-state index contributed by atoms with van der Waals surface area (Å²) in [6.07, 6.45) is 1.24. The van der Waals surface area contributed by atoms with Crippen molar-refractivity contribution in [3.63, 3.8) is 0 Å². The van der Waals surface area contributed by atoms with E-state index in [4.69, 9.17) is 5.11 Å². The third-order valence-electron chi connectivity index (χ3n) is 2.66. The third kappa shape index (κ3) is 2.77. The molecule has 1 aromatic carbocycles. The molecule has 102 valence electrons. The predicted octanol–water partition coefficient (Wildman–Crippen LogP) is 1.76. The summed E-state index contributed by atoms with van der Waals surface area (Å²) in [4.78, 5) is 2.56. The molecule has 7 heteroatoms. The minimum absolute atomic E-state index is 0.0563. The molecule has 1 aromatic heterocycles. The number of aryl methyl sites for hydroxylation is 1. The quantitative estimate of drug-likeness (QED) is 0.800. The molecule has 5 nitrogen and oxygen atoms in total. The van der Waals surface area contributed by atoms with Crippen molar-refractivity contribution < 1.29 is 17.9 Å². The molecule has 0 saturated carbocycles. The molecular weight excluding hydrogens is 271 g/mol. The van der Waals surface area contributed by atoms with Crippen molar-refractivity contribution in [1.82, 2.24) is 4.98 Å². The Bertz CT molecular complexity index is 675. The number of H-pyrrole nitrogens is 1. The largest absolute Gasteiger partial charge is 0.390 e. The summed E-state index contributed by atoms with van der Waals surface area (Å²) >= 11 is 0.